The number of hydrogen-bond donors (Lipinski definition) is 3. The number of nitrogens with zero attached hydrogens (tertiary/aromatic N) is 1. The molecule has 194 valence electrons. The first-order chi connectivity index (χ1) is 17.6. The molecular formula is C28H28F3N3O3. The third-order valence-electron chi connectivity index (χ3n) is 7.75. The monoisotopic (exact) mass is 511 g/mol. The van der Waals surface area contributed by atoms with E-state index >= 15 is 0 Å². The molecule has 0 amide bonds. The van der Waals surface area contributed by atoms with Gasteiger partial charge in [-0.15, -0.1) is 5.10 Å². The van der Waals surface area contributed by atoms with E-state index in [4.69, 9.17) is 9.47 Å². The predicted octanol–water partition coefficient (Wildman–Crippen LogP) is 6.64. The number of H-pyrrole nitrogens is 2. The van der Waals surface area contributed by atoms with Crippen LogP contribution < -0.4 is 4.74 Å². The van der Waals surface area contributed by atoms with Gasteiger partial charge < -0.3 is 19.6 Å². The predicted molar refractivity (Wildman–Crippen MR) is 132 cm³/mol. The minimum atomic E-state index is -4.43. The maximum atomic E-state index is 13.6. The van der Waals surface area contributed by atoms with Gasteiger partial charge in [0.1, 0.15) is 0 Å². The highest BCUT2D eigenvalue weighted by atomic mass is 19.4. The van der Waals surface area contributed by atoms with Gasteiger partial charge in [0.25, 0.3) is 0 Å². The summed E-state index contributed by atoms with van der Waals surface area (Å²) in [5.74, 6) is -0.832. The first kappa shape index (κ1) is 24.1. The molecular weight excluding hydrogens is 483 g/mol. The Labute approximate surface area is 211 Å². The van der Waals surface area contributed by atoms with Crippen LogP contribution >= 0.6 is 0 Å². The summed E-state index contributed by atoms with van der Waals surface area (Å²) in [5.41, 5.74) is 2.73. The highest BCUT2D eigenvalue weighted by molar-refractivity contribution is 5.98. The Hall–Kier alpha value is -3.30. The summed E-state index contributed by atoms with van der Waals surface area (Å²) in [4.78, 5) is 3.53. The smallest absolute Gasteiger partial charge is 0.416 e. The normalized spacial score (nSPS) is 23.6. The molecule has 1 saturated heterocycles. The van der Waals surface area contributed by atoms with Crippen LogP contribution in [0.15, 0.2) is 54.6 Å². The average Bonchev–Trinajstić information content (AvgIpc) is 3.48. The minimum absolute atomic E-state index is 0.319. The number of aromatic amines is 2. The molecule has 2 aromatic carbocycles. The van der Waals surface area contributed by atoms with Crippen LogP contribution in [0.5, 0.6) is 5.88 Å². The Morgan fingerprint density at radius 2 is 1.89 bits per heavy atom. The number of rotatable bonds is 5. The van der Waals surface area contributed by atoms with E-state index in [2.05, 4.69) is 22.1 Å². The van der Waals surface area contributed by atoms with Crippen molar-refractivity contribution >= 4 is 10.9 Å². The number of benzene rings is 2. The molecule has 4 aromatic rings. The maximum absolute atomic E-state index is 13.6. The summed E-state index contributed by atoms with van der Waals surface area (Å²) in [5, 5.41) is 18.4. The van der Waals surface area contributed by atoms with Crippen LogP contribution in [0.25, 0.3) is 22.0 Å². The summed E-state index contributed by atoms with van der Waals surface area (Å²) in [7, 11) is 0. The van der Waals surface area contributed by atoms with Crippen molar-refractivity contribution in [3.05, 3.63) is 71.5 Å². The molecule has 9 heteroatoms. The van der Waals surface area contributed by atoms with Gasteiger partial charge in [0.2, 0.25) is 11.7 Å². The van der Waals surface area contributed by atoms with E-state index in [9.17, 15) is 18.3 Å². The molecule has 1 aliphatic carbocycles. The van der Waals surface area contributed by atoms with Gasteiger partial charge in [0.05, 0.1) is 17.4 Å². The Bertz CT molecular complexity index is 1440. The number of halogens is 3. The first-order valence-electron chi connectivity index (χ1n) is 12.5. The molecule has 0 radical (unpaired) electrons. The summed E-state index contributed by atoms with van der Waals surface area (Å²) in [6.45, 7) is 2.59. The van der Waals surface area contributed by atoms with E-state index in [1.165, 1.54) is 12.1 Å². The zero-order valence-electron chi connectivity index (χ0n) is 20.4. The van der Waals surface area contributed by atoms with Crippen LogP contribution in [0, 0.1) is 0 Å². The van der Waals surface area contributed by atoms with Crippen LogP contribution in [0.3, 0.4) is 0 Å². The minimum Gasteiger partial charge on any atom is -0.444 e. The zero-order chi connectivity index (χ0) is 25.8. The van der Waals surface area contributed by atoms with E-state index in [0.717, 1.165) is 40.3 Å². The number of nitrogens with one attached hydrogen (secondary N) is 2. The lowest BCUT2D eigenvalue weighted by atomic mass is 9.74. The van der Waals surface area contributed by atoms with Crippen molar-refractivity contribution in [1.82, 2.24) is 15.2 Å². The van der Waals surface area contributed by atoms with Gasteiger partial charge in [0, 0.05) is 53.1 Å². The van der Waals surface area contributed by atoms with Gasteiger partial charge in [-0.1, -0.05) is 37.3 Å². The quantitative estimate of drug-likeness (QED) is 0.263. The van der Waals surface area contributed by atoms with Crippen LogP contribution in [0.1, 0.15) is 62.1 Å². The van der Waals surface area contributed by atoms with Gasteiger partial charge in [-0.25, -0.2) is 0 Å². The summed E-state index contributed by atoms with van der Waals surface area (Å²) < 4.78 is 52.5. The Balaban J connectivity index is 1.37. The Kier molecular flexibility index (Phi) is 5.61. The van der Waals surface area contributed by atoms with Crippen molar-refractivity contribution in [2.45, 2.75) is 62.5 Å². The van der Waals surface area contributed by atoms with Crippen LogP contribution in [-0.4, -0.2) is 32.7 Å². The Morgan fingerprint density at radius 1 is 1.08 bits per heavy atom. The average molecular weight is 512 g/mol. The van der Waals surface area contributed by atoms with Crippen molar-refractivity contribution in [2.75, 3.05) is 6.61 Å². The number of para-hydroxylation sites is 1. The van der Waals surface area contributed by atoms with Crippen LogP contribution in [0.2, 0.25) is 0 Å². The molecule has 3 heterocycles. The second-order valence-electron chi connectivity index (χ2n) is 10.4. The number of aromatic nitrogens is 3. The number of alkyl halides is 3. The topological polar surface area (TPSA) is 83.2 Å². The molecule has 2 aromatic heterocycles. The van der Waals surface area contributed by atoms with Crippen LogP contribution in [-0.2, 0) is 16.3 Å². The van der Waals surface area contributed by atoms with Crippen molar-refractivity contribution in [1.29, 1.82) is 0 Å². The fraction of sp³-hybridized carbons (Fsp3) is 0.393. The number of fused-ring (bicyclic) bond motifs is 1. The van der Waals surface area contributed by atoms with Crippen molar-refractivity contribution < 1.29 is 27.8 Å². The van der Waals surface area contributed by atoms with E-state index in [1.54, 1.807) is 12.1 Å². The van der Waals surface area contributed by atoms with Crippen LogP contribution in [0.4, 0.5) is 13.2 Å². The fourth-order valence-corrected chi connectivity index (χ4v) is 5.48. The molecule has 3 N–H and O–H groups in total. The van der Waals surface area contributed by atoms with Gasteiger partial charge >= 0.3 is 6.18 Å². The highest BCUT2D eigenvalue weighted by Gasteiger charge is 2.41. The van der Waals surface area contributed by atoms with Gasteiger partial charge in [-0.3, -0.25) is 5.10 Å². The van der Waals surface area contributed by atoms with E-state index in [-0.39, 0.29) is 6.10 Å². The molecule has 0 spiro atoms. The highest BCUT2D eigenvalue weighted by Crippen LogP contribution is 2.48. The molecule has 2 atom stereocenters. The molecule has 2 unspecified atom stereocenters. The second kappa shape index (κ2) is 8.63. The summed E-state index contributed by atoms with van der Waals surface area (Å²) in [6.07, 6.45) is -1.41. The molecule has 0 bridgehead atoms. The number of hydrogen-bond acceptors (Lipinski definition) is 4. The number of aliphatic hydroxyl groups is 1. The van der Waals surface area contributed by atoms with Gasteiger partial charge in [-0.05, 0) is 43.0 Å². The van der Waals surface area contributed by atoms with Gasteiger partial charge in [-0.2, -0.15) is 13.2 Å². The Morgan fingerprint density at radius 3 is 2.65 bits per heavy atom. The molecule has 1 aliphatic heterocycles. The molecule has 6 rings (SSSR count). The molecule has 6 nitrogen and oxygen atoms in total. The van der Waals surface area contributed by atoms with Crippen molar-refractivity contribution in [3.8, 4) is 17.0 Å². The van der Waals surface area contributed by atoms with Crippen molar-refractivity contribution in [2.24, 2.45) is 0 Å². The maximum Gasteiger partial charge on any atom is 0.416 e. The molecule has 2 aliphatic rings. The molecule has 1 saturated carbocycles. The molecule has 2 fully saturated rings. The fourth-order valence-electron chi connectivity index (χ4n) is 5.48. The number of ether oxygens (including phenoxy) is 2. The first-order valence-corrected chi connectivity index (χ1v) is 12.5. The van der Waals surface area contributed by atoms with E-state index in [0.29, 0.717) is 43.7 Å². The summed E-state index contributed by atoms with van der Waals surface area (Å²) >= 11 is 0. The standard InChI is InChI=1S/C28H28F3N3O3/c1-26(12-13-36-22(16-26)21-15-23(34-33-21)37-27(35)10-5-11-27)25-24(19-8-2-3-9-20(19)32-25)17-6-4-7-18(14-17)28(29,30)31/h2-4,6-9,14-15,22,32,35H,5,10-13,16H2,1H3,(H,33,34). The van der Waals surface area contributed by atoms with E-state index in [1.807, 2.05) is 24.3 Å². The largest absolute Gasteiger partial charge is 0.444 e. The lowest BCUT2D eigenvalue weighted by molar-refractivity contribution is -0.191. The third-order valence-corrected chi connectivity index (χ3v) is 7.75. The second-order valence-corrected chi connectivity index (χ2v) is 10.4. The summed E-state index contributed by atoms with van der Waals surface area (Å²) in [6, 6.07) is 15.0. The van der Waals surface area contributed by atoms with Crippen molar-refractivity contribution in [3.63, 3.8) is 0 Å². The SMILES string of the molecule is CC1(c2[nH]c3ccccc3c2-c2cccc(C(F)(F)F)c2)CCOC(c2cc(OC3(O)CCC3)n[nH]2)C1. The lowest BCUT2D eigenvalue weighted by Gasteiger charge is -2.38. The van der Waals surface area contributed by atoms with E-state index < -0.39 is 22.9 Å². The zero-order valence-corrected chi connectivity index (χ0v) is 20.4. The lowest BCUT2D eigenvalue weighted by Crippen LogP contribution is -2.42. The molecule has 37 heavy (non-hydrogen) atoms. The van der Waals surface area contributed by atoms with Gasteiger partial charge in [0.15, 0.2) is 0 Å². The third kappa shape index (κ3) is 4.40.